The first kappa shape index (κ1) is 16.5. The van der Waals surface area contributed by atoms with Gasteiger partial charge in [-0.05, 0) is 33.2 Å². The number of hydrogen-bond donors (Lipinski definition) is 2. The quantitative estimate of drug-likeness (QED) is 0.716. The van der Waals surface area contributed by atoms with Crippen molar-refractivity contribution in [1.82, 2.24) is 10.4 Å². The van der Waals surface area contributed by atoms with E-state index in [0.29, 0.717) is 12.6 Å². The number of hydrogen-bond acceptors (Lipinski definition) is 4. The smallest absolute Gasteiger partial charge is 0.0685 e. The predicted octanol–water partition coefficient (Wildman–Crippen LogP) is 0.917. The first-order chi connectivity index (χ1) is 7.22. The van der Waals surface area contributed by atoms with Gasteiger partial charge in [0.2, 0.25) is 0 Å². The molecule has 2 unspecified atom stereocenters. The Morgan fingerprint density at radius 2 is 2.25 bits per heavy atom. The predicted molar refractivity (Wildman–Crippen MR) is 58.7 cm³/mol. The van der Waals surface area contributed by atoms with E-state index in [4.69, 9.17) is 9.94 Å². The molecule has 0 aromatic rings. The minimum Gasteiger partial charge on any atom is -0.666 e. The molecule has 0 spiro atoms. The van der Waals surface area contributed by atoms with Crippen LogP contribution in [0.25, 0.3) is 5.32 Å². The summed E-state index contributed by atoms with van der Waals surface area (Å²) in [5, 5.41) is 12.6. The maximum atomic E-state index is 8.32. The molecule has 1 rings (SSSR count). The standard InChI is InChI=1S/C10H20N3O2.Y/c1-13(2)8-9-4-5-10(15-9)11-6-3-7-12-14;/h3,6,9-10,12,14H,4-5,7-8H2,1-2H3;/q-1;/b6-3-;. The Balaban J connectivity index is 0.00000225. The van der Waals surface area contributed by atoms with E-state index in [1.807, 2.05) is 19.6 Å². The molecule has 1 heterocycles. The van der Waals surface area contributed by atoms with Crippen molar-refractivity contribution in [2.24, 2.45) is 0 Å². The first-order valence-electron chi connectivity index (χ1n) is 5.24. The van der Waals surface area contributed by atoms with Gasteiger partial charge < -0.3 is 20.2 Å². The van der Waals surface area contributed by atoms with E-state index in [-0.39, 0.29) is 38.9 Å². The summed E-state index contributed by atoms with van der Waals surface area (Å²) in [6.07, 6.45) is 5.78. The average molecular weight is 303 g/mol. The molecule has 91 valence electrons. The van der Waals surface area contributed by atoms with Crippen LogP contribution in [0.2, 0.25) is 0 Å². The molecule has 16 heavy (non-hydrogen) atoms. The summed E-state index contributed by atoms with van der Waals surface area (Å²) in [7, 11) is 4.08. The maximum absolute atomic E-state index is 8.32. The number of ether oxygens (including phenoxy) is 1. The molecule has 2 atom stereocenters. The average Bonchev–Trinajstić information content (AvgIpc) is 2.59. The molecule has 2 N–H and O–H groups in total. The fraction of sp³-hybridized carbons (Fsp3) is 0.800. The second-order valence-corrected chi connectivity index (χ2v) is 3.95. The molecule has 1 aliphatic rings. The normalized spacial score (nSPS) is 25.0. The van der Waals surface area contributed by atoms with E-state index in [1.165, 1.54) is 0 Å². The van der Waals surface area contributed by atoms with Gasteiger partial charge in [0.25, 0.3) is 0 Å². The Morgan fingerprint density at radius 3 is 2.88 bits per heavy atom. The van der Waals surface area contributed by atoms with Gasteiger partial charge in [-0.1, -0.05) is 6.08 Å². The third-order valence-corrected chi connectivity index (χ3v) is 2.22. The number of nitrogens with one attached hydrogen (secondary N) is 1. The summed E-state index contributed by atoms with van der Waals surface area (Å²) < 4.78 is 5.71. The maximum Gasteiger partial charge on any atom is 0.0685 e. The number of likely N-dealkylation sites (N-methyl/N-ethyl adjacent to an activating group) is 1. The Bertz CT molecular complexity index is 203. The van der Waals surface area contributed by atoms with Crippen LogP contribution in [-0.4, -0.2) is 49.6 Å². The second kappa shape index (κ2) is 9.51. The van der Waals surface area contributed by atoms with Gasteiger partial charge in [0.1, 0.15) is 0 Å². The Kier molecular flexibility index (Phi) is 9.79. The zero-order chi connectivity index (χ0) is 11.1. The third kappa shape index (κ3) is 6.94. The van der Waals surface area contributed by atoms with Crippen molar-refractivity contribution in [3.8, 4) is 0 Å². The largest absolute Gasteiger partial charge is 0.666 e. The van der Waals surface area contributed by atoms with Crippen LogP contribution in [0.15, 0.2) is 12.3 Å². The molecule has 0 amide bonds. The molecular weight excluding hydrogens is 283 g/mol. The summed E-state index contributed by atoms with van der Waals surface area (Å²) in [5.74, 6) is 0. The van der Waals surface area contributed by atoms with Crippen molar-refractivity contribution >= 4 is 0 Å². The summed E-state index contributed by atoms with van der Waals surface area (Å²) in [6.45, 7) is 1.37. The van der Waals surface area contributed by atoms with Crippen LogP contribution in [0.5, 0.6) is 0 Å². The third-order valence-electron chi connectivity index (χ3n) is 2.22. The Morgan fingerprint density at radius 1 is 1.50 bits per heavy atom. The fourth-order valence-electron chi connectivity index (χ4n) is 1.60. The zero-order valence-corrected chi connectivity index (χ0v) is 12.8. The molecule has 1 aliphatic heterocycles. The summed E-state index contributed by atoms with van der Waals surface area (Å²) in [6, 6.07) is 0. The first-order valence-corrected chi connectivity index (χ1v) is 5.24. The van der Waals surface area contributed by atoms with Gasteiger partial charge in [-0.15, -0.1) is 0 Å². The van der Waals surface area contributed by atoms with E-state index in [0.717, 1.165) is 19.4 Å². The van der Waals surface area contributed by atoms with Crippen LogP contribution < -0.4 is 5.48 Å². The van der Waals surface area contributed by atoms with Crippen LogP contribution in [0.1, 0.15) is 12.8 Å². The second-order valence-electron chi connectivity index (χ2n) is 3.95. The van der Waals surface area contributed by atoms with Crippen molar-refractivity contribution < 1.29 is 42.7 Å². The summed E-state index contributed by atoms with van der Waals surface area (Å²) in [4.78, 5) is 2.12. The van der Waals surface area contributed by atoms with Gasteiger partial charge in [0, 0.05) is 45.8 Å². The Labute approximate surface area is 122 Å². The molecule has 1 fully saturated rings. The van der Waals surface area contributed by atoms with E-state index >= 15 is 0 Å². The van der Waals surface area contributed by atoms with Gasteiger partial charge in [-0.25, -0.2) is 5.48 Å². The van der Waals surface area contributed by atoms with Gasteiger partial charge >= 0.3 is 0 Å². The van der Waals surface area contributed by atoms with Gasteiger partial charge in [-0.3, -0.25) is 0 Å². The van der Waals surface area contributed by atoms with Crippen LogP contribution in [0.3, 0.4) is 0 Å². The minimum atomic E-state index is -0.00936. The molecule has 0 bridgehead atoms. The molecule has 0 aromatic heterocycles. The van der Waals surface area contributed by atoms with Crippen molar-refractivity contribution in [2.45, 2.75) is 25.2 Å². The Hall–Kier alpha value is 0.484. The van der Waals surface area contributed by atoms with Crippen LogP contribution in [0.4, 0.5) is 0 Å². The molecule has 1 saturated heterocycles. The molecule has 6 heteroatoms. The number of hydroxylamine groups is 1. The topological polar surface area (TPSA) is 58.8 Å². The van der Waals surface area contributed by atoms with Crippen LogP contribution in [0, 0.1) is 0 Å². The molecule has 0 aliphatic carbocycles. The van der Waals surface area contributed by atoms with E-state index in [2.05, 4.69) is 10.2 Å². The molecule has 0 aromatic carbocycles. The summed E-state index contributed by atoms with van der Waals surface area (Å²) in [5.41, 5.74) is 2.03. The number of rotatable bonds is 6. The molecular formula is C10H20N3O2Y-. The van der Waals surface area contributed by atoms with E-state index in [1.54, 1.807) is 12.3 Å². The number of nitrogens with zero attached hydrogens (tertiary/aromatic N) is 2. The fourth-order valence-corrected chi connectivity index (χ4v) is 1.60. The molecule has 0 saturated carbocycles. The van der Waals surface area contributed by atoms with Gasteiger partial charge in [0.05, 0.1) is 6.10 Å². The van der Waals surface area contributed by atoms with Gasteiger partial charge in [-0.2, -0.15) is 6.20 Å². The zero-order valence-electron chi connectivity index (χ0n) is 9.97. The van der Waals surface area contributed by atoms with Crippen LogP contribution >= 0.6 is 0 Å². The van der Waals surface area contributed by atoms with Gasteiger partial charge in [0.15, 0.2) is 0 Å². The van der Waals surface area contributed by atoms with Crippen molar-refractivity contribution in [3.05, 3.63) is 17.6 Å². The molecule has 5 nitrogen and oxygen atoms in total. The molecule has 1 radical (unpaired) electrons. The van der Waals surface area contributed by atoms with E-state index in [9.17, 15) is 0 Å². The van der Waals surface area contributed by atoms with Crippen molar-refractivity contribution in [1.29, 1.82) is 0 Å². The van der Waals surface area contributed by atoms with Crippen molar-refractivity contribution in [2.75, 3.05) is 27.2 Å². The van der Waals surface area contributed by atoms with E-state index < -0.39 is 0 Å². The monoisotopic (exact) mass is 303 g/mol. The minimum absolute atomic E-state index is 0. The van der Waals surface area contributed by atoms with Crippen molar-refractivity contribution in [3.63, 3.8) is 0 Å². The summed E-state index contributed by atoms with van der Waals surface area (Å²) >= 11 is 0. The SMILES string of the molecule is CN(C)CC1CCC([N-]/C=C\CNO)O1.[Y]. The van der Waals surface area contributed by atoms with Crippen LogP contribution in [-0.2, 0) is 37.4 Å².